The van der Waals surface area contributed by atoms with E-state index in [0.717, 1.165) is 21.8 Å². The van der Waals surface area contributed by atoms with Crippen LogP contribution in [0.25, 0.3) is 15.3 Å². The van der Waals surface area contributed by atoms with Gasteiger partial charge in [-0.1, -0.05) is 31.6 Å². The van der Waals surface area contributed by atoms with Crippen LogP contribution in [0.5, 0.6) is 0 Å². The molecule has 7 heteroatoms. The average molecular weight is 399 g/mol. The highest BCUT2D eigenvalue weighted by Crippen LogP contribution is 2.26. The smallest absolute Gasteiger partial charge is 0.251 e. The molecule has 0 unspecified atom stereocenters. The topological polar surface area (TPSA) is 76.0 Å². The van der Waals surface area contributed by atoms with Crippen molar-refractivity contribution in [3.05, 3.63) is 48.3 Å². The van der Waals surface area contributed by atoms with Gasteiger partial charge in [0, 0.05) is 24.0 Å². The number of carbonyl (C=O) groups is 2. The Bertz CT molecular complexity index is 962. The molecule has 148 valence electrons. The van der Waals surface area contributed by atoms with Crippen molar-refractivity contribution in [1.29, 1.82) is 0 Å². The molecule has 6 nitrogen and oxygen atoms in total. The first kappa shape index (κ1) is 20.1. The normalized spacial score (nSPS) is 13.5. The zero-order valence-electron chi connectivity index (χ0n) is 16.6. The molecule has 0 aliphatic rings. The summed E-state index contributed by atoms with van der Waals surface area (Å²) in [6.07, 6.45) is 4.68. The molecule has 2 amide bonds. The number of carbonyl (C=O) groups excluding carboxylic acids is 2. The van der Waals surface area contributed by atoms with Crippen molar-refractivity contribution >= 4 is 33.4 Å². The highest BCUT2D eigenvalue weighted by molar-refractivity contribution is 7.20. The maximum atomic E-state index is 12.8. The number of amides is 2. The van der Waals surface area contributed by atoms with E-state index in [1.807, 2.05) is 68.9 Å². The second-order valence-electron chi connectivity index (χ2n) is 7.27. The molecule has 2 heterocycles. The molecule has 1 aromatic carbocycles. The largest absolute Gasteiger partial charge is 0.352 e. The number of nitrogens with zero attached hydrogens (tertiary/aromatic N) is 2. The molecule has 3 aromatic rings. The zero-order chi connectivity index (χ0) is 20.3. The van der Waals surface area contributed by atoms with E-state index >= 15 is 0 Å². The molecule has 0 spiro atoms. The van der Waals surface area contributed by atoms with Gasteiger partial charge in [-0.3, -0.25) is 9.59 Å². The van der Waals surface area contributed by atoms with Gasteiger partial charge in [0.2, 0.25) is 5.91 Å². The van der Waals surface area contributed by atoms with Gasteiger partial charge in [-0.05, 0) is 50.1 Å². The van der Waals surface area contributed by atoms with E-state index in [2.05, 4.69) is 15.6 Å². The predicted octanol–water partition coefficient (Wildman–Crippen LogP) is 3.76. The van der Waals surface area contributed by atoms with Gasteiger partial charge in [-0.25, -0.2) is 4.98 Å². The molecule has 3 rings (SSSR count). The fourth-order valence-corrected chi connectivity index (χ4v) is 3.90. The van der Waals surface area contributed by atoms with Crippen molar-refractivity contribution in [2.75, 3.05) is 0 Å². The van der Waals surface area contributed by atoms with Crippen LogP contribution in [-0.2, 0) is 4.79 Å². The van der Waals surface area contributed by atoms with Crippen LogP contribution in [0, 0.1) is 5.92 Å². The van der Waals surface area contributed by atoms with E-state index in [9.17, 15) is 9.59 Å². The second-order valence-corrected chi connectivity index (χ2v) is 8.28. The Balaban J connectivity index is 1.82. The Hall–Kier alpha value is -2.67. The van der Waals surface area contributed by atoms with Gasteiger partial charge >= 0.3 is 0 Å². The lowest BCUT2D eigenvalue weighted by atomic mass is 9.97. The molecule has 0 fully saturated rings. The minimum absolute atomic E-state index is 0.0246. The second kappa shape index (κ2) is 8.56. The first-order valence-electron chi connectivity index (χ1n) is 9.54. The fourth-order valence-electron chi connectivity index (χ4n) is 2.93. The summed E-state index contributed by atoms with van der Waals surface area (Å²) in [6.45, 7) is 7.81. The van der Waals surface area contributed by atoms with Crippen LogP contribution in [0.2, 0.25) is 0 Å². The van der Waals surface area contributed by atoms with Crippen LogP contribution < -0.4 is 10.6 Å². The summed E-state index contributed by atoms with van der Waals surface area (Å²) in [4.78, 5) is 30.0. The minimum atomic E-state index is -0.563. The van der Waals surface area contributed by atoms with Crippen molar-refractivity contribution in [3.63, 3.8) is 0 Å². The predicted molar refractivity (Wildman–Crippen MR) is 113 cm³/mol. The number of hydrogen-bond donors (Lipinski definition) is 2. The van der Waals surface area contributed by atoms with Crippen LogP contribution >= 0.6 is 11.3 Å². The molecular formula is C21H26N4O2S. The summed E-state index contributed by atoms with van der Waals surface area (Å²) in [5.74, 6) is -0.358. The number of nitrogens with one attached hydrogen (secondary N) is 2. The van der Waals surface area contributed by atoms with Gasteiger partial charge < -0.3 is 15.2 Å². The van der Waals surface area contributed by atoms with Crippen LogP contribution in [0.4, 0.5) is 0 Å². The molecule has 0 radical (unpaired) electrons. The van der Waals surface area contributed by atoms with Crippen molar-refractivity contribution in [3.8, 4) is 5.13 Å². The summed E-state index contributed by atoms with van der Waals surface area (Å²) in [6, 6.07) is 8.79. The highest BCUT2D eigenvalue weighted by Gasteiger charge is 2.26. The van der Waals surface area contributed by atoms with E-state index in [1.165, 1.54) is 11.3 Å². The Morgan fingerprint density at radius 1 is 1.14 bits per heavy atom. The Kier molecular flexibility index (Phi) is 6.14. The lowest BCUT2D eigenvalue weighted by molar-refractivity contribution is -0.124. The van der Waals surface area contributed by atoms with Gasteiger partial charge in [0.25, 0.3) is 5.91 Å². The van der Waals surface area contributed by atoms with Crippen molar-refractivity contribution < 1.29 is 9.59 Å². The van der Waals surface area contributed by atoms with Crippen LogP contribution in [0.1, 0.15) is 44.5 Å². The van der Waals surface area contributed by atoms with E-state index in [1.54, 1.807) is 6.07 Å². The molecule has 0 bridgehead atoms. The molecule has 28 heavy (non-hydrogen) atoms. The lowest BCUT2D eigenvalue weighted by Crippen LogP contribution is -2.51. The quantitative estimate of drug-likeness (QED) is 0.636. The molecule has 2 N–H and O–H groups in total. The van der Waals surface area contributed by atoms with Crippen molar-refractivity contribution in [1.82, 2.24) is 20.2 Å². The number of thiazole rings is 1. The van der Waals surface area contributed by atoms with Crippen LogP contribution in [-0.4, -0.2) is 33.4 Å². The standard InChI is InChI=1S/C21H26N4O2S/c1-5-14(4)18(20(27)22-13(2)3)24-19(26)15-8-9-16-17(12-15)28-21(23-16)25-10-6-7-11-25/h6-14,18H,5H2,1-4H3,(H,22,27)(H,24,26)/t14-,18+/m1/s1. The fraction of sp³-hybridized carbons (Fsp3) is 0.381. The number of hydrogen-bond acceptors (Lipinski definition) is 4. The highest BCUT2D eigenvalue weighted by atomic mass is 32.1. The SMILES string of the molecule is CC[C@@H](C)[C@H](NC(=O)c1ccc2nc(-n3cccc3)sc2c1)C(=O)NC(C)C. The molecular weight excluding hydrogens is 372 g/mol. The van der Waals surface area contributed by atoms with E-state index in [0.29, 0.717) is 5.56 Å². The summed E-state index contributed by atoms with van der Waals surface area (Å²) in [5.41, 5.74) is 1.38. The number of rotatable bonds is 7. The summed E-state index contributed by atoms with van der Waals surface area (Å²) in [7, 11) is 0. The van der Waals surface area contributed by atoms with Gasteiger partial charge in [0.1, 0.15) is 6.04 Å². The zero-order valence-corrected chi connectivity index (χ0v) is 17.4. The summed E-state index contributed by atoms with van der Waals surface area (Å²) in [5, 5.41) is 6.67. The van der Waals surface area contributed by atoms with E-state index in [4.69, 9.17) is 0 Å². The van der Waals surface area contributed by atoms with Crippen LogP contribution in [0.3, 0.4) is 0 Å². The Labute approximate surface area is 169 Å². The summed E-state index contributed by atoms with van der Waals surface area (Å²) < 4.78 is 2.88. The number of aromatic nitrogens is 2. The summed E-state index contributed by atoms with van der Waals surface area (Å²) >= 11 is 1.52. The maximum absolute atomic E-state index is 12.8. The first-order chi connectivity index (χ1) is 13.4. The number of fused-ring (bicyclic) bond motifs is 1. The average Bonchev–Trinajstić information content (AvgIpc) is 3.32. The van der Waals surface area contributed by atoms with Gasteiger partial charge in [-0.2, -0.15) is 0 Å². The molecule has 0 aliphatic heterocycles. The molecule has 2 aromatic heterocycles. The monoisotopic (exact) mass is 398 g/mol. The molecule has 0 saturated heterocycles. The molecule has 0 saturated carbocycles. The number of benzene rings is 1. The minimum Gasteiger partial charge on any atom is -0.352 e. The van der Waals surface area contributed by atoms with Crippen molar-refractivity contribution in [2.24, 2.45) is 5.92 Å². The van der Waals surface area contributed by atoms with E-state index in [-0.39, 0.29) is 23.8 Å². The maximum Gasteiger partial charge on any atom is 0.251 e. The third-order valence-corrected chi connectivity index (χ3v) is 5.71. The first-order valence-corrected chi connectivity index (χ1v) is 10.4. The lowest BCUT2D eigenvalue weighted by Gasteiger charge is -2.24. The van der Waals surface area contributed by atoms with Crippen molar-refractivity contribution in [2.45, 2.75) is 46.2 Å². The molecule has 2 atom stereocenters. The Morgan fingerprint density at radius 3 is 2.50 bits per heavy atom. The third kappa shape index (κ3) is 4.42. The van der Waals surface area contributed by atoms with Crippen LogP contribution in [0.15, 0.2) is 42.7 Å². The van der Waals surface area contributed by atoms with Gasteiger partial charge in [0.15, 0.2) is 5.13 Å². The van der Waals surface area contributed by atoms with E-state index < -0.39 is 6.04 Å². The molecule has 0 aliphatic carbocycles. The van der Waals surface area contributed by atoms with Gasteiger partial charge in [-0.15, -0.1) is 0 Å². The Morgan fingerprint density at radius 2 is 1.86 bits per heavy atom. The third-order valence-electron chi connectivity index (χ3n) is 4.68. The van der Waals surface area contributed by atoms with Gasteiger partial charge in [0.05, 0.1) is 10.2 Å².